The molecule has 2 rings (SSSR count). The van der Waals surface area contributed by atoms with E-state index in [1.54, 1.807) is 0 Å². The van der Waals surface area contributed by atoms with Gasteiger partial charge in [0.25, 0.3) is 0 Å². The Kier molecular flexibility index (Phi) is 4.58. The SMILES string of the molecule is O=C(CC1CS(=O)(=O)CCN1)NC1CCCOC1. The predicted molar refractivity (Wildman–Crippen MR) is 67.0 cm³/mol. The van der Waals surface area contributed by atoms with Gasteiger partial charge < -0.3 is 15.4 Å². The first-order valence-electron chi connectivity index (χ1n) is 6.36. The summed E-state index contributed by atoms with van der Waals surface area (Å²) in [5.74, 6) is 0.128. The molecule has 2 atom stereocenters. The number of hydrogen-bond acceptors (Lipinski definition) is 5. The Hall–Kier alpha value is -0.660. The monoisotopic (exact) mass is 276 g/mol. The lowest BCUT2D eigenvalue weighted by atomic mass is 10.1. The van der Waals surface area contributed by atoms with Gasteiger partial charge in [0.1, 0.15) is 0 Å². The smallest absolute Gasteiger partial charge is 0.221 e. The lowest BCUT2D eigenvalue weighted by molar-refractivity contribution is -0.123. The molecule has 18 heavy (non-hydrogen) atoms. The molecule has 2 saturated heterocycles. The van der Waals surface area contributed by atoms with Crippen LogP contribution in [-0.4, -0.2) is 57.7 Å². The third-order valence-corrected chi connectivity index (χ3v) is 4.99. The number of amides is 1. The van der Waals surface area contributed by atoms with E-state index in [4.69, 9.17) is 4.74 Å². The van der Waals surface area contributed by atoms with Gasteiger partial charge in [0.15, 0.2) is 9.84 Å². The molecule has 2 heterocycles. The molecule has 0 bridgehead atoms. The van der Waals surface area contributed by atoms with Crippen molar-refractivity contribution in [3.05, 3.63) is 0 Å². The van der Waals surface area contributed by atoms with Crippen LogP contribution in [0.2, 0.25) is 0 Å². The summed E-state index contributed by atoms with van der Waals surface area (Å²) >= 11 is 0. The Balaban J connectivity index is 1.76. The number of rotatable bonds is 3. The number of hydrogen-bond donors (Lipinski definition) is 2. The molecule has 0 radical (unpaired) electrons. The highest BCUT2D eigenvalue weighted by atomic mass is 32.2. The zero-order valence-corrected chi connectivity index (χ0v) is 11.2. The largest absolute Gasteiger partial charge is 0.379 e. The van der Waals surface area contributed by atoms with Crippen molar-refractivity contribution < 1.29 is 17.9 Å². The van der Waals surface area contributed by atoms with Gasteiger partial charge in [0, 0.05) is 25.6 Å². The average Bonchev–Trinajstić information content (AvgIpc) is 2.28. The van der Waals surface area contributed by atoms with E-state index in [-0.39, 0.29) is 35.9 Å². The van der Waals surface area contributed by atoms with E-state index in [2.05, 4.69) is 10.6 Å². The van der Waals surface area contributed by atoms with E-state index in [1.165, 1.54) is 0 Å². The molecule has 2 N–H and O–H groups in total. The van der Waals surface area contributed by atoms with Gasteiger partial charge in [-0.1, -0.05) is 0 Å². The molecule has 7 heteroatoms. The predicted octanol–water partition coefficient (Wildman–Crippen LogP) is -0.942. The summed E-state index contributed by atoms with van der Waals surface area (Å²) < 4.78 is 28.2. The quantitative estimate of drug-likeness (QED) is 0.695. The summed E-state index contributed by atoms with van der Waals surface area (Å²) in [5, 5.41) is 5.97. The van der Waals surface area contributed by atoms with Crippen LogP contribution in [-0.2, 0) is 19.4 Å². The van der Waals surface area contributed by atoms with E-state index in [0.29, 0.717) is 13.2 Å². The summed E-state index contributed by atoms with van der Waals surface area (Å²) in [7, 11) is -2.98. The van der Waals surface area contributed by atoms with Crippen molar-refractivity contribution in [2.75, 3.05) is 31.3 Å². The lowest BCUT2D eigenvalue weighted by Crippen LogP contribution is -2.49. The van der Waals surface area contributed by atoms with Gasteiger partial charge in [-0.05, 0) is 12.8 Å². The first-order valence-corrected chi connectivity index (χ1v) is 8.18. The molecular weight excluding hydrogens is 256 g/mol. The Morgan fingerprint density at radius 2 is 2.28 bits per heavy atom. The highest BCUT2D eigenvalue weighted by Crippen LogP contribution is 2.08. The van der Waals surface area contributed by atoms with Gasteiger partial charge in [-0.15, -0.1) is 0 Å². The van der Waals surface area contributed by atoms with Gasteiger partial charge in [-0.25, -0.2) is 8.42 Å². The second-order valence-corrected chi connectivity index (χ2v) is 7.18. The molecule has 2 aliphatic rings. The van der Waals surface area contributed by atoms with Crippen LogP contribution in [0, 0.1) is 0 Å². The zero-order valence-electron chi connectivity index (χ0n) is 10.4. The first kappa shape index (κ1) is 13.8. The van der Waals surface area contributed by atoms with Crippen molar-refractivity contribution in [2.45, 2.75) is 31.3 Å². The summed E-state index contributed by atoms with van der Waals surface area (Å²) in [4.78, 5) is 11.8. The fourth-order valence-electron chi connectivity index (χ4n) is 2.36. The maximum Gasteiger partial charge on any atom is 0.221 e. The van der Waals surface area contributed by atoms with E-state index in [0.717, 1.165) is 19.4 Å². The molecule has 0 saturated carbocycles. The van der Waals surface area contributed by atoms with Gasteiger partial charge in [-0.3, -0.25) is 4.79 Å². The number of sulfone groups is 1. The Morgan fingerprint density at radius 1 is 1.44 bits per heavy atom. The normalized spacial score (nSPS) is 31.8. The molecule has 2 aliphatic heterocycles. The summed E-state index contributed by atoms with van der Waals surface area (Å²) in [6.07, 6.45) is 2.11. The topological polar surface area (TPSA) is 84.5 Å². The minimum atomic E-state index is -2.98. The molecule has 6 nitrogen and oxygen atoms in total. The summed E-state index contributed by atoms with van der Waals surface area (Å²) in [6, 6.07) is -0.181. The Labute approximate surface area is 107 Å². The van der Waals surface area contributed by atoms with Crippen LogP contribution in [0.1, 0.15) is 19.3 Å². The van der Waals surface area contributed by atoms with Crippen molar-refractivity contribution in [1.29, 1.82) is 0 Å². The van der Waals surface area contributed by atoms with Crippen LogP contribution in [0.15, 0.2) is 0 Å². The molecule has 2 fully saturated rings. The Morgan fingerprint density at radius 3 is 2.94 bits per heavy atom. The lowest BCUT2D eigenvalue weighted by Gasteiger charge is -2.26. The number of carbonyl (C=O) groups excluding carboxylic acids is 1. The zero-order chi connectivity index (χ0) is 13.0. The maximum atomic E-state index is 11.8. The third-order valence-electron chi connectivity index (χ3n) is 3.26. The van der Waals surface area contributed by atoms with Crippen LogP contribution >= 0.6 is 0 Å². The fraction of sp³-hybridized carbons (Fsp3) is 0.909. The molecule has 0 aromatic carbocycles. The van der Waals surface area contributed by atoms with Gasteiger partial charge in [0.05, 0.1) is 24.2 Å². The average molecular weight is 276 g/mol. The van der Waals surface area contributed by atoms with Crippen LogP contribution in [0.3, 0.4) is 0 Å². The number of carbonyl (C=O) groups is 1. The van der Waals surface area contributed by atoms with Crippen molar-refractivity contribution in [2.24, 2.45) is 0 Å². The van der Waals surface area contributed by atoms with Crippen molar-refractivity contribution in [1.82, 2.24) is 10.6 Å². The van der Waals surface area contributed by atoms with Crippen molar-refractivity contribution in [3.8, 4) is 0 Å². The Bertz CT molecular complexity index is 390. The van der Waals surface area contributed by atoms with Crippen molar-refractivity contribution >= 4 is 15.7 Å². The van der Waals surface area contributed by atoms with Gasteiger partial charge in [-0.2, -0.15) is 0 Å². The third kappa shape index (κ3) is 4.22. The minimum absolute atomic E-state index is 0.0571. The van der Waals surface area contributed by atoms with Crippen LogP contribution in [0.4, 0.5) is 0 Å². The number of nitrogens with one attached hydrogen (secondary N) is 2. The summed E-state index contributed by atoms with van der Waals surface area (Å²) in [6.45, 7) is 1.75. The van der Waals surface area contributed by atoms with E-state index in [1.807, 2.05) is 0 Å². The molecule has 104 valence electrons. The second kappa shape index (κ2) is 5.99. The molecule has 0 aromatic rings. The van der Waals surface area contributed by atoms with E-state index >= 15 is 0 Å². The van der Waals surface area contributed by atoms with Gasteiger partial charge >= 0.3 is 0 Å². The van der Waals surface area contributed by atoms with Crippen LogP contribution in [0.5, 0.6) is 0 Å². The second-order valence-electron chi connectivity index (χ2n) is 4.95. The molecule has 0 spiro atoms. The van der Waals surface area contributed by atoms with Crippen molar-refractivity contribution in [3.63, 3.8) is 0 Å². The fourth-order valence-corrected chi connectivity index (χ4v) is 3.81. The standard InChI is InChI=1S/C11H20N2O4S/c14-11(13-9-2-1-4-17-7-9)6-10-8-18(15,16)5-3-12-10/h9-10,12H,1-8H2,(H,13,14). The first-order chi connectivity index (χ1) is 8.55. The number of ether oxygens (including phenoxy) is 1. The highest BCUT2D eigenvalue weighted by molar-refractivity contribution is 7.91. The van der Waals surface area contributed by atoms with Gasteiger partial charge in [0.2, 0.25) is 5.91 Å². The molecular formula is C11H20N2O4S. The highest BCUT2D eigenvalue weighted by Gasteiger charge is 2.26. The summed E-state index contributed by atoms with van der Waals surface area (Å²) in [5.41, 5.74) is 0. The molecule has 1 amide bonds. The minimum Gasteiger partial charge on any atom is -0.379 e. The van der Waals surface area contributed by atoms with E-state index < -0.39 is 9.84 Å². The maximum absolute atomic E-state index is 11.8. The molecule has 0 aliphatic carbocycles. The van der Waals surface area contributed by atoms with E-state index in [9.17, 15) is 13.2 Å². The molecule has 0 aromatic heterocycles. The van der Waals surface area contributed by atoms with Crippen LogP contribution < -0.4 is 10.6 Å². The van der Waals surface area contributed by atoms with Crippen LogP contribution in [0.25, 0.3) is 0 Å². The molecule has 2 unspecified atom stereocenters.